The monoisotopic (exact) mass is 189 g/mol. The Hall–Kier alpha value is -0.585. The molecule has 0 aromatic rings. The zero-order chi connectivity index (χ0) is 10.6. The summed E-state index contributed by atoms with van der Waals surface area (Å²) in [4.78, 5) is 11.0. The van der Waals surface area contributed by atoms with E-state index in [-0.39, 0.29) is 6.42 Å². The Morgan fingerprint density at radius 1 is 1.54 bits per heavy atom. The van der Waals surface area contributed by atoms with Gasteiger partial charge >= 0.3 is 13.1 Å². The SMILES string of the molecule is CC(C)(C)OC(=O)CC(N)B(O)O. The lowest BCUT2D eigenvalue weighted by Gasteiger charge is -2.20. The Labute approximate surface area is 78.0 Å². The van der Waals surface area contributed by atoms with Crippen LogP contribution in [-0.2, 0) is 9.53 Å². The maximum absolute atomic E-state index is 11.0. The molecule has 13 heavy (non-hydrogen) atoms. The first-order valence-corrected chi connectivity index (χ1v) is 4.06. The molecule has 0 aromatic carbocycles. The number of hydrogen-bond donors (Lipinski definition) is 3. The Kier molecular flexibility index (Phi) is 4.39. The van der Waals surface area contributed by atoms with Crippen molar-refractivity contribution in [2.24, 2.45) is 5.73 Å². The Bertz CT molecular complexity index is 178. The minimum Gasteiger partial charge on any atom is -0.460 e. The average Bonchev–Trinajstić information content (AvgIpc) is 1.81. The van der Waals surface area contributed by atoms with E-state index in [9.17, 15) is 4.79 Å². The molecule has 0 amide bonds. The van der Waals surface area contributed by atoms with Gasteiger partial charge in [-0.2, -0.15) is 0 Å². The van der Waals surface area contributed by atoms with E-state index >= 15 is 0 Å². The van der Waals surface area contributed by atoms with Gasteiger partial charge in [-0.15, -0.1) is 0 Å². The van der Waals surface area contributed by atoms with E-state index in [1.807, 2.05) is 0 Å². The molecule has 0 fully saturated rings. The van der Waals surface area contributed by atoms with E-state index in [1.54, 1.807) is 20.8 Å². The van der Waals surface area contributed by atoms with Gasteiger partial charge in [0.2, 0.25) is 0 Å². The fraction of sp³-hybridized carbons (Fsp3) is 0.857. The number of rotatable bonds is 3. The van der Waals surface area contributed by atoms with Gasteiger partial charge in [0.25, 0.3) is 0 Å². The molecule has 0 bridgehead atoms. The summed E-state index contributed by atoms with van der Waals surface area (Å²) in [5, 5.41) is 17.2. The average molecular weight is 189 g/mol. The largest absolute Gasteiger partial charge is 0.469 e. The van der Waals surface area contributed by atoms with Crippen molar-refractivity contribution in [1.29, 1.82) is 0 Å². The second kappa shape index (κ2) is 4.60. The van der Waals surface area contributed by atoms with Crippen LogP contribution in [0, 0.1) is 0 Å². The number of ether oxygens (including phenoxy) is 1. The third kappa shape index (κ3) is 6.56. The molecule has 0 spiro atoms. The zero-order valence-corrected chi connectivity index (χ0v) is 8.15. The summed E-state index contributed by atoms with van der Waals surface area (Å²) in [5.74, 6) is -1.53. The van der Waals surface area contributed by atoms with Crippen LogP contribution < -0.4 is 5.73 Å². The van der Waals surface area contributed by atoms with Crippen molar-refractivity contribution in [2.45, 2.75) is 38.7 Å². The van der Waals surface area contributed by atoms with Crippen LogP contribution in [0.5, 0.6) is 0 Å². The Morgan fingerprint density at radius 2 is 2.00 bits per heavy atom. The first-order chi connectivity index (χ1) is 5.72. The smallest absolute Gasteiger partial charge is 0.460 e. The van der Waals surface area contributed by atoms with Crippen molar-refractivity contribution in [2.75, 3.05) is 0 Å². The highest BCUT2D eigenvalue weighted by Gasteiger charge is 2.25. The molecule has 0 saturated carbocycles. The van der Waals surface area contributed by atoms with Crippen molar-refractivity contribution < 1.29 is 19.6 Å². The normalized spacial score (nSPS) is 13.7. The quantitative estimate of drug-likeness (QED) is 0.393. The summed E-state index contributed by atoms with van der Waals surface area (Å²) in [6.45, 7) is 5.18. The van der Waals surface area contributed by atoms with Crippen LogP contribution in [0.3, 0.4) is 0 Å². The third-order valence-corrected chi connectivity index (χ3v) is 1.21. The van der Waals surface area contributed by atoms with Crippen molar-refractivity contribution in [3.8, 4) is 0 Å². The van der Waals surface area contributed by atoms with Crippen LogP contribution in [0.2, 0.25) is 0 Å². The van der Waals surface area contributed by atoms with Gasteiger partial charge in [0.05, 0.1) is 6.42 Å². The zero-order valence-electron chi connectivity index (χ0n) is 8.15. The molecule has 0 heterocycles. The van der Waals surface area contributed by atoms with Crippen LogP contribution in [0.4, 0.5) is 0 Å². The van der Waals surface area contributed by atoms with Crippen LogP contribution in [0.15, 0.2) is 0 Å². The summed E-state index contributed by atoms with van der Waals surface area (Å²) in [6.07, 6.45) is -0.199. The molecule has 76 valence electrons. The summed E-state index contributed by atoms with van der Waals surface area (Å²) in [7, 11) is -1.69. The van der Waals surface area contributed by atoms with Gasteiger partial charge in [-0.3, -0.25) is 4.79 Å². The molecule has 5 nitrogen and oxygen atoms in total. The number of carbonyl (C=O) groups is 1. The molecular weight excluding hydrogens is 173 g/mol. The van der Waals surface area contributed by atoms with Crippen molar-refractivity contribution in [1.82, 2.24) is 0 Å². The van der Waals surface area contributed by atoms with Crippen LogP contribution in [-0.4, -0.2) is 34.7 Å². The van der Waals surface area contributed by atoms with Gasteiger partial charge in [0, 0.05) is 5.94 Å². The molecule has 4 N–H and O–H groups in total. The molecule has 0 aromatic heterocycles. The van der Waals surface area contributed by atoms with E-state index in [0.717, 1.165) is 0 Å². The van der Waals surface area contributed by atoms with E-state index < -0.39 is 24.6 Å². The Morgan fingerprint density at radius 3 is 2.31 bits per heavy atom. The highest BCUT2D eigenvalue weighted by molar-refractivity contribution is 6.43. The maximum Gasteiger partial charge on any atom is 0.469 e. The van der Waals surface area contributed by atoms with Gasteiger partial charge in [0.1, 0.15) is 5.60 Å². The highest BCUT2D eigenvalue weighted by Crippen LogP contribution is 2.08. The van der Waals surface area contributed by atoms with E-state index in [4.69, 9.17) is 20.5 Å². The minimum atomic E-state index is -1.69. The second-order valence-electron chi connectivity index (χ2n) is 3.87. The Balaban J connectivity index is 3.89. The molecule has 0 aliphatic carbocycles. The van der Waals surface area contributed by atoms with Gasteiger partial charge in [0.15, 0.2) is 0 Å². The van der Waals surface area contributed by atoms with Crippen molar-refractivity contribution >= 4 is 13.1 Å². The summed E-state index contributed by atoms with van der Waals surface area (Å²) < 4.78 is 4.92. The van der Waals surface area contributed by atoms with E-state index in [2.05, 4.69) is 0 Å². The van der Waals surface area contributed by atoms with Crippen molar-refractivity contribution in [3.63, 3.8) is 0 Å². The molecule has 6 heteroatoms. The number of nitrogens with two attached hydrogens (primary N) is 1. The fourth-order valence-corrected chi connectivity index (χ4v) is 0.681. The van der Waals surface area contributed by atoms with Crippen LogP contribution in [0.1, 0.15) is 27.2 Å². The summed E-state index contributed by atoms with van der Waals surface area (Å²) in [5.41, 5.74) is 4.66. The van der Waals surface area contributed by atoms with Crippen molar-refractivity contribution in [3.05, 3.63) is 0 Å². The van der Waals surface area contributed by atoms with E-state index in [1.165, 1.54) is 0 Å². The lowest BCUT2D eigenvalue weighted by atomic mass is 9.78. The summed E-state index contributed by atoms with van der Waals surface area (Å²) >= 11 is 0. The molecule has 0 rings (SSSR count). The van der Waals surface area contributed by atoms with Gasteiger partial charge in [-0.05, 0) is 20.8 Å². The number of hydrogen-bond acceptors (Lipinski definition) is 5. The van der Waals surface area contributed by atoms with Crippen LogP contribution in [0.25, 0.3) is 0 Å². The van der Waals surface area contributed by atoms with Crippen LogP contribution >= 0.6 is 0 Å². The molecule has 0 aliphatic rings. The fourth-order valence-electron chi connectivity index (χ4n) is 0.681. The molecule has 0 saturated heterocycles. The lowest BCUT2D eigenvalue weighted by molar-refractivity contribution is -0.154. The summed E-state index contributed by atoms with van der Waals surface area (Å²) in [6, 6.07) is 0. The second-order valence-corrected chi connectivity index (χ2v) is 3.87. The number of esters is 1. The topological polar surface area (TPSA) is 92.8 Å². The van der Waals surface area contributed by atoms with Gasteiger partial charge in [-0.1, -0.05) is 0 Å². The van der Waals surface area contributed by atoms with E-state index in [0.29, 0.717) is 0 Å². The predicted molar refractivity (Wildman–Crippen MR) is 48.6 cm³/mol. The molecule has 0 aliphatic heterocycles. The number of carbonyl (C=O) groups excluding carboxylic acids is 1. The third-order valence-electron chi connectivity index (χ3n) is 1.21. The standard InChI is InChI=1S/C7H16BNO4/c1-7(2,3)13-6(10)4-5(9)8(11)12/h5,11-12H,4,9H2,1-3H3. The molecule has 1 atom stereocenters. The lowest BCUT2D eigenvalue weighted by Crippen LogP contribution is -2.41. The van der Waals surface area contributed by atoms with Gasteiger partial charge < -0.3 is 20.5 Å². The highest BCUT2D eigenvalue weighted by atomic mass is 16.6. The maximum atomic E-state index is 11.0. The predicted octanol–water partition coefficient (Wildman–Crippen LogP) is -0.942. The minimum absolute atomic E-state index is 0.199. The first kappa shape index (κ1) is 12.4. The van der Waals surface area contributed by atoms with Gasteiger partial charge in [-0.25, -0.2) is 0 Å². The molecule has 1 unspecified atom stereocenters. The first-order valence-electron chi connectivity index (χ1n) is 4.06. The molecule has 0 radical (unpaired) electrons. The molecular formula is C7H16BNO4.